The second-order valence-corrected chi connectivity index (χ2v) is 7.36. The fourth-order valence-electron chi connectivity index (χ4n) is 3.84. The minimum atomic E-state index is -0.167. The largest absolute Gasteiger partial charge is 0.367 e. The molecule has 7 heteroatoms. The molecule has 1 saturated heterocycles. The van der Waals surface area contributed by atoms with Crippen molar-refractivity contribution >= 4 is 5.69 Å². The minimum absolute atomic E-state index is 0.0265. The fourth-order valence-corrected chi connectivity index (χ4v) is 3.84. The summed E-state index contributed by atoms with van der Waals surface area (Å²) in [6.45, 7) is 7.29. The molecule has 146 valence electrons. The molecule has 0 spiro atoms. The molecule has 3 aromatic rings. The van der Waals surface area contributed by atoms with Crippen LogP contribution >= 0.6 is 0 Å². The van der Waals surface area contributed by atoms with Crippen LogP contribution in [0.5, 0.6) is 0 Å². The summed E-state index contributed by atoms with van der Waals surface area (Å²) in [5.74, 6) is 0.680. The van der Waals surface area contributed by atoms with Gasteiger partial charge in [0.25, 0.3) is 0 Å². The molecule has 2 aromatic carbocycles. The number of nitrogens with zero attached hydrogens (tertiary/aromatic N) is 6. The summed E-state index contributed by atoms with van der Waals surface area (Å²) >= 11 is 0. The fraction of sp³-hybridized carbons (Fsp3) is 0.381. The van der Waals surface area contributed by atoms with Crippen LogP contribution in [0.1, 0.15) is 37.3 Å². The van der Waals surface area contributed by atoms with Crippen molar-refractivity contribution in [2.45, 2.75) is 25.9 Å². The average molecular weight is 380 g/mol. The van der Waals surface area contributed by atoms with Crippen LogP contribution in [0, 0.1) is 5.82 Å². The van der Waals surface area contributed by atoms with Crippen LogP contribution in [0.15, 0.2) is 54.6 Å². The number of aromatic nitrogens is 4. The van der Waals surface area contributed by atoms with Gasteiger partial charge >= 0.3 is 0 Å². The van der Waals surface area contributed by atoms with Crippen molar-refractivity contribution in [2.75, 3.05) is 31.1 Å². The Morgan fingerprint density at radius 3 is 2.25 bits per heavy atom. The lowest BCUT2D eigenvalue weighted by Crippen LogP contribution is -2.48. The van der Waals surface area contributed by atoms with Gasteiger partial charge in [-0.1, -0.05) is 42.5 Å². The van der Waals surface area contributed by atoms with Gasteiger partial charge in [-0.2, -0.15) is 0 Å². The number of hydrogen-bond acceptors (Lipinski definition) is 5. The average Bonchev–Trinajstić information content (AvgIpc) is 3.20. The van der Waals surface area contributed by atoms with Crippen LogP contribution in [-0.2, 0) is 0 Å². The third kappa shape index (κ3) is 3.62. The van der Waals surface area contributed by atoms with Gasteiger partial charge in [0.05, 0.1) is 17.8 Å². The van der Waals surface area contributed by atoms with E-state index >= 15 is 0 Å². The first-order valence-electron chi connectivity index (χ1n) is 9.71. The van der Waals surface area contributed by atoms with Gasteiger partial charge in [-0.3, -0.25) is 4.90 Å². The maximum atomic E-state index is 14.2. The standard InChI is InChI=1S/C21H25FN6/c1-16(2)28-21(23-24-25-28)20(17-8-4-3-5-9-17)27-14-12-26(13-15-27)19-11-7-6-10-18(19)22/h3-11,16,20H,12-15H2,1-2H3/t20-/m0/s1. The van der Waals surface area contributed by atoms with E-state index in [0.29, 0.717) is 5.69 Å². The Kier molecular flexibility index (Phi) is 5.34. The van der Waals surface area contributed by atoms with Crippen molar-refractivity contribution in [1.82, 2.24) is 25.1 Å². The topological polar surface area (TPSA) is 50.1 Å². The third-order valence-electron chi connectivity index (χ3n) is 5.24. The third-order valence-corrected chi connectivity index (χ3v) is 5.24. The summed E-state index contributed by atoms with van der Waals surface area (Å²) in [5, 5.41) is 12.5. The van der Waals surface area contributed by atoms with Crippen molar-refractivity contribution < 1.29 is 4.39 Å². The first-order valence-corrected chi connectivity index (χ1v) is 9.71. The van der Waals surface area contributed by atoms with Gasteiger partial charge in [0, 0.05) is 26.2 Å². The van der Waals surface area contributed by atoms with Crippen LogP contribution in [0.3, 0.4) is 0 Å². The van der Waals surface area contributed by atoms with Crippen LogP contribution in [-0.4, -0.2) is 51.3 Å². The molecule has 4 rings (SSSR count). The van der Waals surface area contributed by atoms with Gasteiger partial charge in [0.1, 0.15) is 5.82 Å². The molecule has 0 bridgehead atoms. The van der Waals surface area contributed by atoms with E-state index in [1.165, 1.54) is 11.6 Å². The Balaban J connectivity index is 1.60. The summed E-state index contributed by atoms with van der Waals surface area (Å²) in [7, 11) is 0. The molecule has 2 heterocycles. The SMILES string of the molecule is CC(C)n1nnnc1[C@H](c1ccccc1)N1CCN(c2ccccc2F)CC1. The highest BCUT2D eigenvalue weighted by Gasteiger charge is 2.31. The number of benzene rings is 2. The van der Waals surface area contributed by atoms with E-state index in [-0.39, 0.29) is 17.9 Å². The van der Waals surface area contributed by atoms with Crippen molar-refractivity contribution in [3.63, 3.8) is 0 Å². The highest BCUT2D eigenvalue weighted by molar-refractivity contribution is 5.48. The zero-order valence-corrected chi connectivity index (χ0v) is 16.2. The van der Waals surface area contributed by atoms with E-state index in [2.05, 4.69) is 51.3 Å². The molecule has 1 aliphatic rings. The van der Waals surface area contributed by atoms with E-state index in [1.54, 1.807) is 6.07 Å². The Morgan fingerprint density at radius 2 is 1.57 bits per heavy atom. The van der Waals surface area contributed by atoms with Gasteiger partial charge in [0.2, 0.25) is 0 Å². The zero-order chi connectivity index (χ0) is 19.5. The first kappa shape index (κ1) is 18.6. The summed E-state index contributed by atoms with van der Waals surface area (Å²) in [4.78, 5) is 4.50. The number of para-hydroxylation sites is 1. The highest BCUT2D eigenvalue weighted by atomic mass is 19.1. The maximum absolute atomic E-state index is 14.2. The monoisotopic (exact) mass is 380 g/mol. The normalized spacial score (nSPS) is 16.5. The molecular formula is C21H25FN6. The van der Waals surface area contributed by atoms with Crippen molar-refractivity contribution in [3.8, 4) is 0 Å². The Labute approximate surface area is 164 Å². The molecule has 1 aliphatic heterocycles. The highest BCUT2D eigenvalue weighted by Crippen LogP contribution is 2.30. The van der Waals surface area contributed by atoms with E-state index in [0.717, 1.165) is 32.0 Å². The van der Waals surface area contributed by atoms with Crippen LogP contribution in [0.25, 0.3) is 0 Å². The van der Waals surface area contributed by atoms with E-state index in [4.69, 9.17) is 0 Å². The van der Waals surface area contributed by atoms with Crippen LogP contribution in [0.4, 0.5) is 10.1 Å². The number of halogens is 1. The van der Waals surface area contributed by atoms with Gasteiger partial charge < -0.3 is 4.90 Å². The molecule has 1 atom stereocenters. The molecule has 1 aromatic heterocycles. The molecule has 1 fully saturated rings. The molecule has 0 saturated carbocycles. The summed E-state index contributed by atoms with van der Waals surface area (Å²) in [6.07, 6.45) is 0. The number of anilines is 1. The van der Waals surface area contributed by atoms with Crippen LogP contribution in [0.2, 0.25) is 0 Å². The van der Waals surface area contributed by atoms with E-state index < -0.39 is 0 Å². The summed E-state index contributed by atoms with van der Waals surface area (Å²) in [5.41, 5.74) is 1.84. The molecule has 0 amide bonds. The molecule has 0 N–H and O–H groups in total. The number of piperazine rings is 1. The number of rotatable bonds is 5. The van der Waals surface area contributed by atoms with Gasteiger partial charge in [-0.25, -0.2) is 9.07 Å². The maximum Gasteiger partial charge on any atom is 0.173 e. The minimum Gasteiger partial charge on any atom is -0.367 e. The Hall–Kier alpha value is -2.80. The molecule has 28 heavy (non-hydrogen) atoms. The Bertz CT molecular complexity index is 902. The molecule has 0 unspecified atom stereocenters. The van der Waals surface area contributed by atoms with E-state index in [1.807, 2.05) is 35.0 Å². The first-order chi connectivity index (χ1) is 13.6. The predicted octanol–water partition coefficient (Wildman–Crippen LogP) is 3.30. The molecular weight excluding hydrogens is 355 g/mol. The summed E-state index contributed by atoms with van der Waals surface area (Å²) < 4.78 is 16.1. The zero-order valence-electron chi connectivity index (χ0n) is 16.2. The lowest BCUT2D eigenvalue weighted by atomic mass is 10.0. The van der Waals surface area contributed by atoms with Gasteiger partial charge in [0.15, 0.2) is 5.82 Å². The lowest BCUT2D eigenvalue weighted by Gasteiger charge is -2.40. The van der Waals surface area contributed by atoms with Crippen molar-refractivity contribution in [3.05, 3.63) is 71.8 Å². The molecule has 0 aliphatic carbocycles. The molecule has 0 radical (unpaired) electrons. The van der Waals surface area contributed by atoms with E-state index in [9.17, 15) is 4.39 Å². The van der Waals surface area contributed by atoms with Gasteiger partial charge in [-0.05, 0) is 42.0 Å². The van der Waals surface area contributed by atoms with Gasteiger partial charge in [-0.15, -0.1) is 5.10 Å². The second kappa shape index (κ2) is 8.06. The second-order valence-electron chi connectivity index (χ2n) is 7.36. The quantitative estimate of drug-likeness (QED) is 0.680. The van der Waals surface area contributed by atoms with Crippen LogP contribution < -0.4 is 4.90 Å². The molecule has 6 nitrogen and oxygen atoms in total. The summed E-state index contributed by atoms with van der Waals surface area (Å²) in [6, 6.07) is 17.5. The Morgan fingerprint density at radius 1 is 0.893 bits per heavy atom. The number of hydrogen-bond donors (Lipinski definition) is 0. The van der Waals surface area contributed by atoms with Crippen molar-refractivity contribution in [2.24, 2.45) is 0 Å². The lowest BCUT2D eigenvalue weighted by molar-refractivity contribution is 0.198. The smallest absolute Gasteiger partial charge is 0.173 e. The van der Waals surface area contributed by atoms with Crippen molar-refractivity contribution in [1.29, 1.82) is 0 Å². The number of tetrazole rings is 1. The predicted molar refractivity (Wildman–Crippen MR) is 107 cm³/mol.